The monoisotopic (exact) mass is 608 g/mol. The van der Waals surface area contributed by atoms with Gasteiger partial charge < -0.3 is 40.4 Å². The lowest BCUT2D eigenvalue weighted by Crippen LogP contribution is -2.73. The van der Waals surface area contributed by atoms with Crippen molar-refractivity contribution in [2.75, 3.05) is 46.2 Å². The van der Waals surface area contributed by atoms with Crippen molar-refractivity contribution < 1.29 is 39.2 Å². The zero-order valence-electron chi connectivity index (χ0n) is 25.4. The number of carbonyl (C=O) groups is 3. The van der Waals surface area contributed by atoms with E-state index >= 15 is 0 Å². The minimum Gasteiger partial charge on any atom is -0.507 e. The van der Waals surface area contributed by atoms with Crippen LogP contribution in [0.5, 0.6) is 5.75 Å². The van der Waals surface area contributed by atoms with Crippen LogP contribution >= 0.6 is 0 Å². The fourth-order valence-electron chi connectivity index (χ4n) is 8.01. The molecule has 6 N–H and O–H groups in total. The molecule has 2 aromatic rings. The van der Waals surface area contributed by atoms with Crippen LogP contribution in [0.3, 0.4) is 0 Å². The number of aliphatic hydroxyl groups excluding tert-OH is 2. The third-order valence-electron chi connectivity index (χ3n) is 10.1. The average Bonchev–Trinajstić information content (AvgIpc) is 3.63. The van der Waals surface area contributed by atoms with E-state index in [0.29, 0.717) is 29.1 Å². The van der Waals surface area contributed by atoms with E-state index in [1.807, 2.05) is 25.1 Å². The summed E-state index contributed by atoms with van der Waals surface area (Å²) in [5.74, 6) is -6.57. The van der Waals surface area contributed by atoms with Crippen molar-refractivity contribution in [3.05, 3.63) is 40.7 Å². The molecule has 4 aliphatic rings. The number of aliphatic hydroxyl groups is 3. The molecule has 1 aromatic carbocycles. The van der Waals surface area contributed by atoms with E-state index in [9.17, 15) is 34.8 Å². The fourth-order valence-corrected chi connectivity index (χ4v) is 8.01. The molecule has 6 atom stereocenters. The summed E-state index contributed by atoms with van der Waals surface area (Å²) >= 11 is 0. The Morgan fingerprint density at radius 1 is 1.14 bits per heavy atom. The zero-order valence-corrected chi connectivity index (χ0v) is 25.4. The number of fused-ring (bicyclic) bond motifs is 3. The maximum absolute atomic E-state index is 14.2. The molecule has 6 rings (SSSR count). The normalized spacial score (nSPS) is 30.4. The molecule has 1 aliphatic heterocycles. The number of rotatable bonds is 6. The molecular weight excluding hydrogens is 568 g/mol. The van der Waals surface area contributed by atoms with E-state index in [1.165, 1.54) is 0 Å². The van der Waals surface area contributed by atoms with Crippen molar-refractivity contribution in [2.45, 2.75) is 50.0 Å². The summed E-state index contributed by atoms with van der Waals surface area (Å²) in [6.07, 6.45) is 1.03. The van der Waals surface area contributed by atoms with Crippen molar-refractivity contribution >= 4 is 28.9 Å². The summed E-state index contributed by atoms with van der Waals surface area (Å²) < 4.78 is 6.14. The summed E-state index contributed by atoms with van der Waals surface area (Å²) in [4.78, 5) is 45.8. The quantitative estimate of drug-likeness (QED) is 0.296. The van der Waals surface area contributed by atoms with E-state index in [0.717, 1.165) is 31.7 Å². The van der Waals surface area contributed by atoms with Crippen LogP contribution in [0, 0.1) is 17.8 Å². The zero-order chi connectivity index (χ0) is 31.8. The first-order chi connectivity index (χ1) is 20.8. The Morgan fingerprint density at radius 3 is 2.43 bits per heavy atom. The van der Waals surface area contributed by atoms with Gasteiger partial charge in [0.1, 0.15) is 28.9 Å². The van der Waals surface area contributed by atoms with Crippen LogP contribution in [0.4, 0.5) is 5.69 Å². The summed E-state index contributed by atoms with van der Waals surface area (Å²) in [5.41, 5.74) is 4.24. The second-order valence-electron chi connectivity index (χ2n) is 13.1. The number of Topliss-reactive ketones (excluding diaryl/α,β-unsaturated/α-hetero) is 2. The molecule has 0 spiro atoms. The Balaban J connectivity index is 1.48. The maximum atomic E-state index is 14.2. The second-order valence-corrected chi connectivity index (χ2v) is 13.1. The van der Waals surface area contributed by atoms with Gasteiger partial charge in [-0.05, 0) is 82.5 Å². The van der Waals surface area contributed by atoms with Crippen molar-refractivity contribution in [3.8, 4) is 17.1 Å². The number of hydrogen-bond donors (Lipinski definition) is 5. The van der Waals surface area contributed by atoms with Crippen molar-refractivity contribution in [1.29, 1.82) is 0 Å². The average molecular weight is 609 g/mol. The molecule has 1 amide bonds. The predicted octanol–water partition coefficient (Wildman–Crippen LogP) is 1.05. The van der Waals surface area contributed by atoms with E-state index < -0.39 is 58.7 Å². The number of nitrogens with two attached hydrogens (primary N) is 1. The number of hydrogen-bond acceptors (Lipinski definition) is 11. The number of furan rings is 1. The Kier molecular flexibility index (Phi) is 7.39. The lowest BCUT2D eigenvalue weighted by molar-refractivity contribution is -0.184. The highest BCUT2D eigenvalue weighted by Gasteiger charge is 2.67. The number of amides is 1. The number of primary amides is 1. The number of carbonyl (C=O) groups excluding carboxylic acids is 3. The molecule has 2 saturated carbocycles. The van der Waals surface area contributed by atoms with Crippen LogP contribution < -0.4 is 10.6 Å². The van der Waals surface area contributed by atoms with Gasteiger partial charge >= 0.3 is 0 Å². The summed E-state index contributed by atoms with van der Waals surface area (Å²) in [5, 5.41) is 46.3. The molecule has 0 radical (unpaired) electrons. The smallest absolute Gasteiger partial charge is 0.230 e. The first kappa shape index (κ1) is 30.3. The molecule has 3 aliphatic carbocycles. The first-order valence-electron chi connectivity index (χ1n) is 15.0. The number of nitrogens with zero attached hydrogens (tertiary/aromatic N) is 3. The Hall–Kier alpha value is -3.71. The van der Waals surface area contributed by atoms with Crippen molar-refractivity contribution in [3.63, 3.8) is 0 Å². The maximum Gasteiger partial charge on any atom is 0.230 e. The minimum atomic E-state index is -2.70. The topological polar surface area (TPSA) is 181 Å². The molecule has 0 bridgehead atoms. The Morgan fingerprint density at radius 2 is 1.82 bits per heavy atom. The molecular formula is C32H40N4O8. The van der Waals surface area contributed by atoms with Gasteiger partial charge in [-0.1, -0.05) is 0 Å². The molecule has 12 nitrogen and oxygen atoms in total. The summed E-state index contributed by atoms with van der Waals surface area (Å²) in [7, 11) is 6.92. The molecule has 44 heavy (non-hydrogen) atoms. The number of phenolic OH excluding ortho intramolecular Hbond substituents is 1. The van der Waals surface area contributed by atoms with Crippen LogP contribution in [0.25, 0.3) is 17.1 Å². The van der Waals surface area contributed by atoms with Crippen LogP contribution in [0.1, 0.15) is 36.1 Å². The van der Waals surface area contributed by atoms with Gasteiger partial charge in [-0.2, -0.15) is 0 Å². The van der Waals surface area contributed by atoms with Gasteiger partial charge in [-0.25, -0.2) is 0 Å². The van der Waals surface area contributed by atoms with E-state index in [2.05, 4.69) is 4.90 Å². The van der Waals surface area contributed by atoms with Crippen LogP contribution in [0.15, 0.2) is 28.2 Å². The number of likely N-dealkylation sites (N-methyl/N-ethyl adjacent to an activating group) is 1. The number of likely N-dealkylation sites (tertiary alicyclic amines) is 1. The fraction of sp³-hybridized carbons (Fsp3) is 0.531. The molecule has 1 aromatic heterocycles. The number of phenols is 1. The molecule has 2 heterocycles. The highest BCUT2D eigenvalue weighted by Crippen LogP contribution is 2.54. The SMILES string of the molecule is CN(C)c1cc(-c2ccc(CN3CCCC3)o2)c(O)c2c1C[C@@H]1C[C@@H]3[C@@H](N(C)C)C(O)C(C(N)=O)C(=O)[C@]3(O)C(=O)C1=C2O. The lowest BCUT2D eigenvalue weighted by Gasteiger charge is -2.53. The largest absolute Gasteiger partial charge is 0.507 e. The standard InChI is InChI=1S/C32H40N4O8/c1-34(2)20-13-18(21-8-7-16(44-21)14-36-9-5-6-10-36)26(37)23-17(20)11-15-12-19-25(35(3)4)28(39)24(31(33)42)30(41)32(19,43)29(40)22(15)27(23)38/h7-8,13,15,19,24-25,28,37-39,43H,5-6,9-12,14H2,1-4H3,(H2,33,42)/t15-,19-,24?,25-,28?,32-/m1/s1. The van der Waals surface area contributed by atoms with Gasteiger partial charge in [0.2, 0.25) is 11.7 Å². The number of anilines is 1. The van der Waals surface area contributed by atoms with Crippen molar-refractivity contribution in [2.24, 2.45) is 23.5 Å². The molecule has 2 unspecified atom stereocenters. The van der Waals surface area contributed by atoms with Crippen LogP contribution in [-0.2, 0) is 27.3 Å². The number of ketones is 2. The van der Waals surface area contributed by atoms with Gasteiger partial charge in [0.15, 0.2) is 11.4 Å². The second kappa shape index (κ2) is 10.7. The number of benzene rings is 1. The highest BCUT2D eigenvalue weighted by atomic mass is 16.3. The summed E-state index contributed by atoms with van der Waals surface area (Å²) in [6.45, 7) is 2.62. The first-order valence-corrected chi connectivity index (χ1v) is 15.0. The lowest BCUT2D eigenvalue weighted by atomic mass is 9.54. The van der Waals surface area contributed by atoms with Gasteiger partial charge in [0.25, 0.3) is 0 Å². The third kappa shape index (κ3) is 4.38. The predicted molar refractivity (Wildman–Crippen MR) is 161 cm³/mol. The minimum absolute atomic E-state index is 0.0317. The Labute approximate surface area is 255 Å². The van der Waals surface area contributed by atoms with Crippen molar-refractivity contribution in [1.82, 2.24) is 9.80 Å². The molecule has 236 valence electrons. The summed E-state index contributed by atoms with van der Waals surface area (Å²) in [6, 6.07) is 4.47. The van der Waals surface area contributed by atoms with Gasteiger partial charge in [-0.3, -0.25) is 19.3 Å². The molecule has 12 heteroatoms. The Bertz CT molecular complexity index is 1570. The highest BCUT2D eigenvalue weighted by molar-refractivity contribution is 6.25. The van der Waals surface area contributed by atoms with Crippen LogP contribution in [0.2, 0.25) is 0 Å². The van der Waals surface area contributed by atoms with Crippen LogP contribution in [-0.4, -0.2) is 107 Å². The number of aromatic hydroxyl groups is 1. The molecule has 3 fully saturated rings. The van der Waals surface area contributed by atoms with E-state index in [4.69, 9.17) is 10.2 Å². The van der Waals surface area contributed by atoms with Gasteiger partial charge in [0.05, 0.1) is 23.8 Å². The third-order valence-corrected chi connectivity index (χ3v) is 10.1. The molecule has 1 saturated heterocycles. The van der Waals surface area contributed by atoms with Gasteiger partial charge in [-0.15, -0.1) is 0 Å². The van der Waals surface area contributed by atoms with Gasteiger partial charge in [0, 0.05) is 37.3 Å². The van der Waals surface area contributed by atoms with E-state index in [-0.39, 0.29) is 29.7 Å². The van der Waals surface area contributed by atoms with E-state index in [1.54, 1.807) is 31.1 Å².